The third-order valence-electron chi connectivity index (χ3n) is 9.89. The van der Waals surface area contributed by atoms with E-state index in [0.717, 1.165) is 10.7 Å². The second kappa shape index (κ2) is 32.1. The number of carbonyl (C=O) groups excluding carboxylic acids is 3. The molecule has 482 valence electrons. The Kier molecular flexibility index (Phi) is 26.9. The van der Waals surface area contributed by atoms with Crippen molar-refractivity contribution in [3.8, 4) is 29.2 Å². The van der Waals surface area contributed by atoms with Gasteiger partial charge in [-0.25, -0.2) is 37.2 Å². The number of benzene rings is 2. The largest absolute Gasteiger partial charge is 0.489 e. The van der Waals surface area contributed by atoms with Gasteiger partial charge in [-0.05, 0) is 57.0 Å². The molecule has 0 atom stereocenters. The molecular weight excluding hydrogens is 1280 g/mol. The number of rotatable bonds is 19. The van der Waals surface area contributed by atoms with Crippen LogP contribution < -0.4 is 50.1 Å². The van der Waals surface area contributed by atoms with Crippen molar-refractivity contribution in [3.63, 3.8) is 0 Å². The lowest BCUT2D eigenvalue weighted by Crippen LogP contribution is -2.36. The number of carbonyl (C=O) groups is 4. The summed E-state index contributed by atoms with van der Waals surface area (Å²) in [6.45, 7) is 10.5. The summed E-state index contributed by atoms with van der Waals surface area (Å²) >= 11 is 12.3. The molecule has 2 aromatic carbocycles. The number of anilines is 2. The first-order valence-electron chi connectivity index (χ1n) is 24.7. The zero-order chi connectivity index (χ0) is 66.7. The highest BCUT2D eigenvalue weighted by Crippen LogP contribution is 2.34. The van der Waals surface area contributed by atoms with Crippen LogP contribution in [0.4, 0.5) is 34.7 Å². The number of nitrogens with zero attached hydrogens (tertiary/aromatic N) is 9. The SMILES string of the molecule is CC(C)Oc1cc(-n2nc(C(C)(C)C)oc2=O)c(Cl)cc1Cl.COc1cc(OC)nc(NC(=O)NS(=O)(=O)c2ncccc2C(=O)N(C)C)n1.COc1nc(C)nc(NC(=O)NS(=O)(=O)c2ccccc2CCC(F)(F)F)n1.O=C(O)CNCP(=O)(O)O. The third-order valence-corrected chi connectivity index (χ3v) is 13.8. The molecule has 0 aliphatic rings. The molecule has 0 saturated carbocycles. The molecule has 40 heteroatoms. The van der Waals surface area contributed by atoms with Gasteiger partial charge in [-0.1, -0.05) is 62.2 Å². The van der Waals surface area contributed by atoms with Gasteiger partial charge in [0, 0.05) is 38.2 Å². The summed E-state index contributed by atoms with van der Waals surface area (Å²) in [5.74, 6) is -1.70. The number of nitrogens with one attached hydrogen (secondary N) is 5. The summed E-state index contributed by atoms with van der Waals surface area (Å²) in [4.78, 5) is 98.1. The maximum Gasteiger partial charge on any atom is 0.442 e. The van der Waals surface area contributed by atoms with E-state index in [0.29, 0.717) is 22.4 Å². The van der Waals surface area contributed by atoms with Gasteiger partial charge in [0.05, 0.1) is 72.5 Å². The third kappa shape index (κ3) is 24.4. The van der Waals surface area contributed by atoms with Crippen LogP contribution in [-0.2, 0) is 41.2 Å². The average Bonchev–Trinajstić information content (AvgIpc) is 3.04. The number of amides is 5. The van der Waals surface area contributed by atoms with Crippen LogP contribution in [0.1, 0.15) is 68.7 Å². The van der Waals surface area contributed by atoms with E-state index in [2.05, 4.69) is 51.0 Å². The Balaban J connectivity index is 0.000000322. The number of aryl methyl sites for hydroxylation is 2. The standard InChI is InChI=1S/C15H18Cl2N2O3.C15H16F3N5O4S.C15H18N6O6S.C3H8NO5P/c1-8(2)21-12-7-11(9(16)6-10(12)17)19-14(20)22-13(18-19)15(3,4)5;1-9-19-12(22-14(20-9)27-2)21-13(24)23-28(25,26)11-6-4-3-5-10(11)7-8-15(16,17)18;1-21(2)13(22)9-6-5-7-16-12(9)28(24,25)20-15(23)19-14-17-10(26-3)8-11(18-14)27-4;5-3(6)1-4-2-10(7,8)9/h6-8H,1-5H3;3-6H,7-8H2,1-2H3,(H2,19,20,21,22,23,24);5-8H,1-4H3,(H2,17,18,19,20,23);4H,1-2H2,(H,5,6)(H2,7,8,9). The van der Waals surface area contributed by atoms with E-state index in [1.165, 1.54) is 95.9 Å². The number of carboxylic acids is 1. The minimum Gasteiger partial charge on any atom is -0.489 e. The molecule has 32 nitrogen and oxygen atoms in total. The number of aromatic nitrogens is 8. The first-order valence-corrected chi connectivity index (χ1v) is 30.2. The van der Waals surface area contributed by atoms with Crippen molar-refractivity contribution >= 4 is 86.7 Å². The predicted molar refractivity (Wildman–Crippen MR) is 307 cm³/mol. The van der Waals surface area contributed by atoms with E-state index in [1.54, 1.807) is 15.5 Å². The number of aliphatic carboxylic acids is 1. The van der Waals surface area contributed by atoms with E-state index >= 15 is 0 Å². The van der Waals surface area contributed by atoms with Gasteiger partial charge in [-0.2, -0.15) is 51.2 Å². The van der Waals surface area contributed by atoms with E-state index in [4.69, 9.17) is 61.5 Å². The van der Waals surface area contributed by atoms with Crippen LogP contribution in [0.2, 0.25) is 10.0 Å². The van der Waals surface area contributed by atoms with Crippen LogP contribution in [0.15, 0.2) is 79.9 Å². The molecule has 0 bridgehead atoms. The maximum atomic E-state index is 12.5. The zero-order valence-corrected chi connectivity index (χ0v) is 52.4. The number of alkyl halides is 3. The highest BCUT2D eigenvalue weighted by Gasteiger charge is 2.30. The number of hydrogen-bond donors (Lipinski definition) is 8. The molecule has 0 unspecified atom stereocenters. The van der Waals surface area contributed by atoms with Gasteiger partial charge in [0.1, 0.15) is 11.6 Å². The van der Waals surface area contributed by atoms with Gasteiger partial charge in [0.15, 0.2) is 5.03 Å². The molecule has 0 saturated heterocycles. The monoisotopic (exact) mass is 1340 g/mol. The summed E-state index contributed by atoms with van der Waals surface area (Å²) in [6.07, 6.45) is -5.67. The van der Waals surface area contributed by atoms with Crippen molar-refractivity contribution < 1.29 is 92.0 Å². The van der Waals surface area contributed by atoms with Crippen molar-refractivity contribution in [2.75, 3.05) is 58.9 Å². The number of methoxy groups -OCH3 is 3. The summed E-state index contributed by atoms with van der Waals surface area (Å²) in [5.41, 5.74) is -0.281. The van der Waals surface area contributed by atoms with Crippen molar-refractivity contribution in [3.05, 3.63) is 104 Å². The molecule has 4 heterocycles. The van der Waals surface area contributed by atoms with Crippen molar-refractivity contribution in [1.29, 1.82) is 0 Å². The Morgan fingerprint density at radius 2 is 1.40 bits per heavy atom. The van der Waals surface area contributed by atoms with Gasteiger partial charge in [0.2, 0.25) is 29.5 Å². The normalized spacial score (nSPS) is 11.4. The molecule has 0 radical (unpaired) electrons. The number of halogens is 5. The number of pyridine rings is 1. The summed E-state index contributed by atoms with van der Waals surface area (Å²) in [7, 11) is -6.09. The van der Waals surface area contributed by atoms with Gasteiger partial charge < -0.3 is 43.2 Å². The zero-order valence-electron chi connectivity index (χ0n) is 48.3. The summed E-state index contributed by atoms with van der Waals surface area (Å²) in [6, 6.07) is 9.82. The molecule has 5 amide bonds. The van der Waals surface area contributed by atoms with E-state index in [-0.39, 0.29) is 63.2 Å². The molecule has 0 spiro atoms. The Morgan fingerprint density at radius 3 is 1.91 bits per heavy atom. The quantitative estimate of drug-likeness (QED) is 0.0476. The molecule has 6 rings (SSSR count). The van der Waals surface area contributed by atoms with E-state index in [1.807, 2.05) is 34.6 Å². The Hall–Kier alpha value is -8.32. The van der Waals surface area contributed by atoms with Gasteiger partial charge in [-0.15, -0.1) is 5.10 Å². The molecule has 0 fully saturated rings. The van der Waals surface area contributed by atoms with Crippen LogP contribution in [0.3, 0.4) is 0 Å². The highest BCUT2D eigenvalue weighted by atomic mass is 35.5. The van der Waals surface area contributed by atoms with Crippen LogP contribution in [0.5, 0.6) is 23.5 Å². The fourth-order valence-electron chi connectivity index (χ4n) is 6.20. The van der Waals surface area contributed by atoms with Gasteiger partial charge in [-0.3, -0.25) is 30.1 Å². The summed E-state index contributed by atoms with van der Waals surface area (Å²) < 4.78 is 127. The molecule has 8 N–H and O–H groups in total. The topological polar surface area (TPSA) is 440 Å². The Bertz CT molecular complexity index is 3760. The van der Waals surface area contributed by atoms with Crippen molar-refractivity contribution in [2.45, 2.75) is 82.0 Å². The molecule has 4 aromatic heterocycles. The molecule has 0 aliphatic carbocycles. The minimum absolute atomic E-state index is 0.0642. The fraction of sp³-hybridized carbons (Fsp3) is 0.375. The number of hydrogen-bond acceptors (Lipinski definition) is 23. The number of carboxylic acid groups (broad SMARTS) is 1. The lowest BCUT2D eigenvalue weighted by Gasteiger charge is -2.14. The first kappa shape index (κ1) is 73.9. The second-order valence-electron chi connectivity index (χ2n) is 18.7. The molecular formula is C48H60Cl2F3N14O18PS2. The Labute approximate surface area is 510 Å². The predicted octanol–water partition coefficient (Wildman–Crippen LogP) is 5.31. The highest BCUT2D eigenvalue weighted by molar-refractivity contribution is 7.90. The lowest BCUT2D eigenvalue weighted by molar-refractivity contribution is -0.136. The first-order chi connectivity index (χ1) is 40.7. The maximum absolute atomic E-state index is 12.5. The van der Waals surface area contributed by atoms with Crippen LogP contribution >= 0.6 is 30.8 Å². The van der Waals surface area contributed by atoms with Crippen LogP contribution in [0.25, 0.3) is 5.69 Å². The smallest absolute Gasteiger partial charge is 0.442 e. The summed E-state index contributed by atoms with van der Waals surface area (Å²) in [5, 5.41) is 18.6. The Morgan fingerprint density at radius 1 is 0.818 bits per heavy atom. The van der Waals surface area contributed by atoms with E-state index < -0.39 is 99.1 Å². The molecule has 6 aromatic rings. The van der Waals surface area contributed by atoms with Crippen molar-refractivity contribution in [1.82, 2.24) is 59.3 Å². The van der Waals surface area contributed by atoms with Crippen molar-refractivity contribution in [2.24, 2.45) is 0 Å². The fourth-order valence-corrected chi connectivity index (χ4v) is 9.32. The number of ether oxygens (including phenoxy) is 4. The minimum atomic E-state index is -4.46. The van der Waals surface area contributed by atoms with Gasteiger partial charge >= 0.3 is 43.6 Å². The van der Waals surface area contributed by atoms with Gasteiger partial charge in [0.25, 0.3) is 26.0 Å². The lowest BCUT2D eigenvalue weighted by atomic mass is 9.97. The average molecular weight is 1340 g/mol. The van der Waals surface area contributed by atoms with Crippen LogP contribution in [-0.4, -0.2) is 161 Å². The number of urea groups is 2. The molecule has 88 heavy (non-hydrogen) atoms. The van der Waals surface area contributed by atoms with Crippen LogP contribution in [0, 0.1) is 6.92 Å². The number of sulfonamides is 2. The molecule has 0 aliphatic heterocycles. The van der Waals surface area contributed by atoms with E-state index in [9.17, 15) is 58.5 Å². The second-order valence-corrected chi connectivity index (χ2v) is 24.5.